The van der Waals surface area contributed by atoms with Gasteiger partial charge in [0.15, 0.2) is 0 Å². The molecule has 1 saturated heterocycles. The topological polar surface area (TPSA) is 188 Å². The lowest BCUT2D eigenvalue weighted by Crippen LogP contribution is -2.30. The lowest BCUT2D eigenvalue weighted by molar-refractivity contribution is -0.135. The Morgan fingerprint density at radius 1 is 1.22 bits per heavy atom. The van der Waals surface area contributed by atoms with Crippen LogP contribution >= 0.6 is 7.82 Å². The van der Waals surface area contributed by atoms with E-state index in [1.54, 1.807) is 35.1 Å². The minimum absolute atomic E-state index is 0.0665. The van der Waals surface area contributed by atoms with E-state index in [1.807, 2.05) is 0 Å². The molecule has 0 spiro atoms. The van der Waals surface area contributed by atoms with E-state index in [0.29, 0.717) is 23.0 Å². The number of aromatic nitrogens is 3. The van der Waals surface area contributed by atoms with E-state index >= 15 is 0 Å². The third kappa shape index (κ3) is 11.7. The molecule has 46 heavy (non-hydrogen) atoms. The number of hydrogen-bond acceptors (Lipinski definition) is 12. The predicted octanol–water partition coefficient (Wildman–Crippen LogP) is 2.52. The highest BCUT2D eigenvalue weighted by molar-refractivity contribution is 7.47. The molecule has 0 bridgehead atoms. The summed E-state index contributed by atoms with van der Waals surface area (Å²) >= 11 is 0. The summed E-state index contributed by atoms with van der Waals surface area (Å²) in [5.41, 5.74) is 7.36. The largest absolute Gasteiger partial charge is 0.472 e. The van der Waals surface area contributed by atoms with Crippen LogP contribution in [0.25, 0.3) is 17.1 Å². The number of allylic oxidation sites excluding steroid dienone is 2. The SMILES string of the molecule is [B]C(OCC=C)OCC(=O)NC/C=C/c1cn(C2CC(OCOCC=C)C(COP(=O)(O)OC/C=C/C=C)O2)c2ncnc(N)c12. The fourth-order valence-corrected chi connectivity index (χ4v) is 4.90. The van der Waals surface area contributed by atoms with Crippen LogP contribution in [0.1, 0.15) is 18.2 Å². The molecule has 0 aromatic carbocycles. The lowest BCUT2D eigenvalue weighted by Gasteiger charge is -2.20. The van der Waals surface area contributed by atoms with E-state index in [9.17, 15) is 14.3 Å². The summed E-state index contributed by atoms with van der Waals surface area (Å²) < 4.78 is 52.0. The summed E-state index contributed by atoms with van der Waals surface area (Å²) in [6.45, 7) is 10.5. The number of hydrogen-bond donors (Lipinski definition) is 3. The van der Waals surface area contributed by atoms with Crippen molar-refractivity contribution in [3.05, 3.63) is 74.3 Å². The third-order valence-corrected chi connectivity index (χ3v) is 7.19. The number of rotatable bonds is 22. The Morgan fingerprint density at radius 3 is 2.78 bits per heavy atom. The molecule has 17 heteroatoms. The second-order valence-electron chi connectivity index (χ2n) is 9.53. The summed E-state index contributed by atoms with van der Waals surface area (Å²) in [6, 6.07) is 0. The Morgan fingerprint density at radius 2 is 2.02 bits per heavy atom. The molecule has 1 aliphatic rings. The number of nitrogens with two attached hydrogens (primary N) is 1. The fourth-order valence-electron chi connectivity index (χ4n) is 4.22. The average molecular weight is 659 g/mol. The Labute approximate surface area is 268 Å². The van der Waals surface area contributed by atoms with Crippen molar-refractivity contribution in [1.82, 2.24) is 19.9 Å². The van der Waals surface area contributed by atoms with E-state index in [0.717, 1.165) is 0 Å². The first kappa shape index (κ1) is 37.0. The van der Waals surface area contributed by atoms with E-state index < -0.39 is 38.4 Å². The number of carbonyl (C=O) groups excluding carboxylic acids is 1. The van der Waals surface area contributed by atoms with Crippen molar-refractivity contribution >= 4 is 44.5 Å². The van der Waals surface area contributed by atoms with Gasteiger partial charge in [0.05, 0.1) is 37.9 Å². The van der Waals surface area contributed by atoms with Crippen molar-refractivity contribution in [3.63, 3.8) is 0 Å². The first-order chi connectivity index (χ1) is 22.2. The van der Waals surface area contributed by atoms with Gasteiger partial charge in [0, 0.05) is 24.7 Å². The Balaban J connectivity index is 1.71. The molecule has 2 aromatic rings. The molecule has 4 N–H and O–H groups in total. The van der Waals surface area contributed by atoms with Crippen LogP contribution in [0.2, 0.25) is 0 Å². The van der Waals surface area contributed by atoms with Crippen molar-refractivity contribution in [2.75, 3.05) is 52.1 Å². The van der Waals surface area contributed by atoms with Gasteiger partial charge in [0.2, 0.25) is 5.91 Å². The van der Waals surface area contributed by atoms with Gasteiger partial charge in [-0.1, -0.05) is 49.1 Å². The molecular weight excluding hydrogens is 620 g/mol. The minimum Gasteiger partial charge on any atom is -0.383 e. The van der Waals surface area contributed by atoms with Crippen LogP contribution < -0.4 is 11.1 Å². The second-order valence-corrected chi connectivity index (χ2v) is 11.0. The summed E-state index contributed by atoms with van der Waals surface area (Å²) in [5, 5.41) is 3.25. The van der Waals surface area contributed by atoms with Crippen LogP contribution in [0.15, 0.2) is 68.7 Å². The van der Waals surface area contributed by atoms with Crippen molar-refractivity contribution in [3.8, 4) is 0 Å². The molecule has 1 aliphatic heterocycles. The van der Waals surface area contributed by atoms with Gasteiger partial charge in [0.25, 0.3) is 0 Å². The van der Waals surface area contributed by atoms with Crippen LogP contribution in [0.4, 0.5) is 5.82 Å². The monoisotopic (exact) mass is 659 g/mol. The zero-order chi connectivity index (χ0) is 33.4. The molecule has 0 saturated carbocycles. The van der Waals surface area contributed by atoms with Crippen LogP contribution in [-0.4, -0.2) is 98.0 Å². The van der Waals surface area contributed by atoms with Crippen molar-refractivity contribution in [1.29, 1.82) is 0 Å². The number of carbonyl (C=O) groups is 1. The number of nitrogens with zero attached hydrogens (tertiary/aromatic N) is 3. The summed E-state index contributed by atoms with van der Waals surface area (Å²) in [6.07, 6.45) is 11.6. The van der Waals surface area contributed by atoms with Gasteiger partial charge in [-0.25, -0.2) is 14.5 Å². The molecule has 3 heterocycles. The standard InChI is InChI=1S/C29H39BN5O10P/c1-4-7-8-14-43-46(37,38)44-17-23-22(42-20-39-12-5-2)15-25(45-23)35-16-21(26-27(31)33-19-34-28(26)35)10-9-11-32-24(36)18-41-29(30)40-13-6-3/h4-10,16,19,22-23,25,29H,1-3,11-15,17-18,20H2,(H,32,36)(H,37,38)(H2,31,33,34)/b8-7+,10-9+. The number of amides is 1. The maximum Gasteiger partial charge on any atom is 0.472 e. The number of ether oxygens (including phenoxy) is 5. The number of phosphoric ester groups is 1. The lowest BCUT2D eigenvalue weighted by atomic mass is 10.1. The molecule has 248 valence electrons. The molecule has 5 atom stereocenters. The smallest absolute Gasteiger partial charge is 0.383 e. The highest BCUT2D eigenvalue weighted by atomic mass is 31.2. The number of phosphoric acid groups is 1. The molecule has 2 radical (unpaired) electrons. The number of nitrogens with one attached hydrogen (secondary N) is 1. The van der Waals surface area contributed by atoms with Gasteiger partial charge in [-0.3, -0.25) is 13.8 Å². The van der Waals surface area contributed by atoms with Gasteiger partial charge >= 0.3 is 7.82 Å². The molecular formula is C29H39BN5O10P. The molecule has 15 nitrogen and oxygen atoms in total. The van der Waals surface area contributed by atoms with Crippen LogP contribution in [0.3, 0.4) is 0 Å². The van der Waals surface area contributed by atoms with Gasteiger partial charge in [-0.15, -0.1) is 13.2 Å². The van der Waals surface area contributed by atoms with Gasteiger partial charge in [-0.2, -0.15) is 0 Å². The first-order valence-electron chi connectivity index (χ1n) is 14.2. The highest BCUT2D eigenvalue weighted by Gasteiger charge is 2.40. The quantitative estimate of drug-likeness (QED) is 0.0418. The third-order valence-electron chi connectivity index (χ3n) is 6.24. The van der Waals surface area contributed by atoms with Gasteiger partial charge in [0.1, 0.15) is 57.6 Å². The summed E-state index contributed by atoms with van der Waals surface area (Å²) in [7, 11) is 1.20. The zero-order valence-electron chi connectivity index (χ0n) is 25.3. The molecule has 5 unspecified atom stereocenters. The van der Waals surface area contributed by atoms with Crippen molar-refractivity contribution in [2.24, 2.45) is 0 Å². The van der Waals surface area contributed by atoms with Crippen LogP contribution in [-0.2, 0) is 42.1 Å². The molecule has 3 rings (SSSR count). The predicted molar refractivity (Wildman–Crippen MR) is 171 cm³/mol. The normalized spacial score (nSPS) is 20.2. The number of anilines is 1. The summed E-state index contributed by atoms with van der Waals surface area (Å²) in [4.78, 5) is 30.7. The Kier molecular flexibility index (Phi) is 15.5. The minimum atomic E-state index is -4.39. The first-order valence-corrected chi connectivity index (χ1v) is 15.7. The van der Waals surface area contributed by atoms with E-state index in [-0.39, 0.29) is 52.2 Å². The second kappa shape index (κ2) is 19.3. The van der Waals surface area contributed by atoms with E-state index in [4.69, 9.17) is 46.3 Å². The molecule has 0 aliphatic carbocycles. The fraction of sp³-hybridized carbons (Fsp3) is 0.414. The Bertz CT molecular complexity index is 1420. The number of nitrogen functional groups attached to an aromatic ring is 1. The van der Waals surface area contributed by atoms with Crippen LogP contribution in [0.5, 0.6) is 0 Å². The zero-order valence-corrected chi connectivity index (χ0v) is 26.2. The maximum atomic E-state index is 12.4. The number of fused-ring (bicyclic) bond motifs is 1. The highest BCUT2D eigenvalue weighted by Crippen LogP contribution is 2.45. The van der Waals surface area contributed by atoms with Crippen LogP contribution in [0, 0.1) is 0 Å². The maximum absolute atomic E-state index is 12.4. The van der Waals surface area contributed by atoms with E-state index in [1.165, 1.54) is 24.6 Å². The van der Waals surface area contributed by atoms with Crippen molar-refractivity contribution in [2.45, 2.75) is 31.0 Å². The molecule has 2 aromatic heterocycles. The average Bonchev–Trinajstić information content (AvgIpc) is 3.62. The van der Waals surface area contributed by atoms with Gasteiger partial charge in [-0.05, 0) is 0 Å². The van der Waals surface area contributed by atoms with E-state index in [2.05, 4.69) is 35.0 Å². The van der Waals surface area contributed by atoms with Crippen molar-refractivity contribution < 1.29 is 47.0 Å². The Hall–Kier alpha value is -3.44. The van der Waals surface area contributed by atoms with Gasteiger partial charge < -0.3 is 44.2 Å². The molecule has 1 fully saturated rings. The molecule has 1 amide bonds. The summed E-state index contributed by atoms with van der Waals surface area (Å²) in [5.74, 6) is -0.156.